The van der Waals surface area contributed by atoms with Crippen LogP contribution in [0.4, 0.5) is 0 Å². The van der Waals surface area contributed by atoms with Crippen LogP contribution in [0.3, 0.4) is 0 Å². The minimum Gasteiger partial charge on any atom is -0.198 e. The summed E-state index contributed by atoms with van der Waals surface area (Å²) >= 11 is 0. The summed E-state index contributed by atoms with van der Waals surface area (Å²) in [5, 5.41) is 18.4. The summed E-state index contributed by atoms with van der Waals surface area (Å²) in [6, 6.07) is 2.51. The Morgan fingerprint density at radius 1 is 0.938 bits per heavy atom. The number of hydrogen-bond donors (Lipinski definition) is 0. The molecule has 3 heteroatoms. The summed E-state index contributed by atoms with van der Waals surface area (Å²) in [5.74, 6) is 0.136. The molecule has 0 bridgehead atoms. The first-order valence-corrected chi connectivity index (χ1v) is 6.67. The maximum atomic E-state index is 9.35. The molecule has 0 aromatic rings. The third-order valence-electron chi connectivity index (χ3n) is 4.94. The lowest BCUT2D eigenvalue weighted by molar-refractivity contribution is 0.0231. The van der Waals surface area contributed by atoms with Gasteiger partial charge >= 0.3 is 0 Å². The van der Waals surface area contributed by atoms with Crippen molar-refractivity contribution in [3.63, 3.8) is 0 Å². The average molecular weight is 217 g/mol. The van der Waals surface area contributed by atoms with Crippen molar-refractivity contribution in [2.45, 2.75) is 68.9 Å². The number of rotatable bonds is 0. The number of fused-ring (bicyclic) bond motifs is 1. The van der Waals surface area contributed by atoms with Gasteiger partial charge in [-0.3, -0.25) is 0 Å². The lowest BCUT2D eigenvalue weighted by Gasteiger charge is -2.56. The molecule has 1 aliphatic heterocycles. The van der Waals surface area contributed by atoms with Crippen molar-refractivity contribution < 1.29 is 0 Å². The van der Waals surface area contributed by atoms with Crippen molar-refractivity contribution in [2.24, 2.45) is 16.1 Å². The summed E-state index contributed by atoms with van der Waals surface area (Å²) in [6.45, 7) is 0. The highest BCUT2D eigenvalue weighted by molar-refractivity contribution is 5.23. The van der Waals surface area contributed by atoms with Gasteiger partial charge in [0.15, 0.2) is 0 Å². The molecule has 1 heterocycles. The van der Waals surface area contributed by atoms with Crippen LogP contribution in [0.25, 0.3) is 0 Å². The fourth-order valence-corrected chi connectivity index (χ4v) is 3.99. The van der Waals surface area contributed by atoms with Gasteiger partial charge < -0.3 is 0 Å². The first kappa shape index (κ1) is 10.3. The molecule has 3 aliphatic rings. The molecule has 0 saturated heterocycles. The van der Waals surface area contributed by atoms with Gasteiger partial charge in [-0.25, -0.2) is 0 Å². The van der Waals surface area contributed by atoms with E-state index < -0.39 is 0 Å². The van der Waals surface area contributed by atoms with Crippen LogP contribution in [0.2, 0.25) is 0 Å². The van der Waals surface area contributed by atoms with Gasteiger partial charge in [0.1, 0.15) is 11.1 Å². The van der Waals surface area contributed by atoms with E-state index in [0.717, 1.165) is 12.8 Å². The van der Waals surface area contributed by atoms with Crippen molar-refractivity contribution >= 4 is 0 Å². The highest BCUT2D eigenvalue weighted by atomic mass is 15.3. The van der Waals surface area contributed by atoms with Gasteiger partial charge in [0, 0.05) is 0 Å². The lowest BCUT2D eigenvalue weighted by atomic mass is 9.57. The van der Waals surface area contributed by atoms with Crippen molar-refractivity contribution in [3.05, 3.63) is 0 Å². The third-order valence-corrected chi connectivity index (χ3v) is 4.94. The van der Waals surface area contributed by atoms with Crippen LogP contribution < -0.4 is 0 Å². The van der Waals surface area contributed by atoms with E-state index >= 15 is 0 Å². The maximum absolute atomic E-state index is 9.35. The van der Waals surface area contributed by atoms with E-state index in [0.29, 0.717) is 0 Å². The summed E-state index contributed by atoms with van der Waals surface area (Å²) < 4.78 is 0. The molecule has 2 atom stereocenters. The number of hydrogen-bond acceptors (Lipinski definition) is 3. The Hall–Kier alpha value is -0.910. The molecule has 86 valence electrons. The second-order valence-corrected chi connectivity index (χ2v) is 5.64. The van der Waals surface area contributed by atoms with Gasteiger partial charge in [-0.05, 0) is 25.7 Å². The van der Waals surface area contributed by atoms with E-state index in [9.17, 15) is 5.26 Å². The van der Waals surface area contributed by atoms with Gasteiger partial charge in [-0.2, -0.15) is 15.5 Å². The van der Waals surface area contributed by atoms with Crippen LogP contribution in [0.15, 0.2) is 10.2 Å². The minimum atomic E-state index is -0.0690. The fraction of sp³-hybridized carbons (Fsp3) is 0.923. The van der Waals surface area contributed by atoms with E-state index in [4.69, 9.17) is 0 Å². The Balaban J connectivity index is 1.92. The molecule has 2 saturated carbocycles. The van der Waals surface area contributed by atoms with Gasteiger partial charge in [-0.1, -0.05) is 32.1 Å². The van der Waals surface area contributed by atoms with Gasteiger partial charge in [-0.15, -0.1) is 0 Å². The molecule has 0 amide bonds. The molecule has 3 rings (SSSR count). The smallest absolute Gasteiger partial charge is 0.124 e. The Bertz CT molecular complexity index is 349. The monoisotopic (exact) mass is 217 g/mol. The highest BCUT2D eigenvalue weighted by Gasteiger charge is 2.62. The van der Waals surface area contributed by atoms with Gasteiger partial charge in [0.25, 0.3) is 0 Å². The second-order valence-electron chi connectivity index (χ2n) is 5.64. The molecule has 16 heavy (non-hydrogen) atoms. The topological polar surface area (TPSA) is 48.5 Å². The Labute approximate surface area is 96.9 Å². The molecule has 0 radical (unpaired) electrons. The van der Waals surface area contributed by atoms with Crippen molar-refractivity contribution in [2.75, 3.05) is 0 Å². The third kappa shape index (κ3) is 1.13. The fourth-order valence-electron chi connectivity index (χ4n) is 3.99. The van der Waals surface area contributed by atoms with E-state index in [1.807, 2.05) is 0 Å². The summed E-state index contributed by atoms with van der Waals surface area (Å²) in [6.07, 6.45) is 10.8. The second kappa shape index (κ2) is 3.55. The minimum absolute atomic E-state index is 0.0690. The lowest BCUT2D eigenvalue weighted by Crippen LogP contribution is -2.63. The zero-order valence-electron chi connectivity index (χ0n) is 9.78. The van der Waals surface area contributed by atoms with Crippen LogP contribution in [0.1, 0.15) is 57.8 Å². The predicted octanol–water partition coefficient (Wildman–Crippen LogP) is 3.61. The zero-order valence-corrected chi connectivity index (χ0v) is 9.78. The molecule has 2 fully saturated rings. The van der Waals surface area contributed by atoms with Crippen LogP contribution in [-0.2, 0) is 0 Å². The SMILES string of the molecule is N#CC1CCCCC12N=NC21CCCCC1. The quantitative estimate of drug-likeness (QED) is 0.611. The summed E-state index contributed by atoms with van der Waals surface area (Å²) in [4.78, 5) is 0. The van der Waals surface area contributed by atoms with E-state index in [-0.39, 0.29) is 17.0 Å². The average Bonchev–Trinajstić information content (AvgIpc) is 2.38. The molecule has 2 aliphatic carbocycles. The molecule has 3 nitrogen and oxygen atoms in total. The first-order valence-electron chi connectivity index (χ1n) is 6.67. The number of azo groups is 1. The molecular formula is C13H19N3. The summed E-state index contributed by atoms with van der Waals surface area (Å²) in [5.41, 5.74) is 0.00644. The molecule has 2 unspecified atom stereocenters. The number of nitriles is 1. The predicted molar refractivity (Wildman–Crippen MR) is 61.0 cm³/mol. The molecule has 0 aromatic carbocycles. The first-order chi connectivity index (χ1) is 7.83. The Morgan fingerprint density at radius 3 is 2.31 bits per heavy atom. The maximum Gasteiger partial charge on any atom is 0.124 e. The van der Waals surface area contributed by atoms with Crippen molar-refractivity contribution in [1.82, 2.24) is 0 Å². The zero-order chi connectivity index (χ0) is 11.1. The normalized spacial score (nSPS) is 40.6. The largest absolute Gasteiger partial charge is 0.198 e. The highest BCUT2D eigenvalue weighted by Crippen LogP contribution is 2.57. The van der Waals surface area contributed by atoms with E-state index in [1.54, 1.807) is 0 Å². The molecule has 0 aromatic heterocycles. The van der Waals surface area contributed by atoms with Crippen molar-refractivity contribution in [1.29, 1.82) is 5.26 Å². The van der Waals surface area contributed by atoms with Crippen LogP contribution in [-0.4, -0.2) is 11.1 Å². The van der Waals surface area contributed by atoms with Crippen LogP contribution >= 0.6 is 0 Å². The van der Waals surface area contributed by atoms with Gasteiger partial charge in [0.2, 0.25) is 0 Å². The van der Waals surface area contributed by atoms with Gasteiger partial charge in [0.05, 0.1) is 12.0 Å². The number of nitrogens with zero attached hydrogens (tertiary/aromatic N) is 3. The van der Waals surface area contributed by atoms with E-state index in [2.05, 4.69) is 16.3 Å². The molecule has 0 N–H and O–H groups in total. The molecule has 2 spiro atoms. The van der Waals surface area contributed by atoms with Crippen LogP contribution in [0.5, 0.6) is 0 Å². The van der Waals surface area contributed by atoms with Crippen molar-refractivity contribution in [3.8, 4) is 6.07 Å². The van der Waals surface area contributed by atoms with E-state index in [1.165, 1.54) is 44.9 Å². The Kier molecular flexibility index (Phi) is 2.27. The van der Waals surface area contributed by atoms with Crippen LogP contribution in [0, 0.1) is 17.2 Å². The molecular weight excluding hydrogens is 198 g/mol. The Morgan fingerprint density at radius 2 is 1.69 bits per heavy atom. The standard InChI is InChI=1S/C13H19N3/c14-10-11-6-2-5-9-13(11)12(15-16-13)7-3-1-4-8-12/h11H,1-9H2. The summed E-state index contributed by atoms with van der Waals surface area (Å²) in [7, 11) is 0.